The predicted molar refractivity (Wildman–Crippen MR) is 103 cm³/mol. The van der Waals surface area contributed by atoms with E-state index < -0.39 is 0 Å². The zero-order valence-corrected chi connectivity index (χ0v) is 15.9. The smallest absolute Gasteiger partial charge is 0.238 e. The minimum Gasteiger partial charge on any atom is -0.369 e. The maximum absolute atomic E-state index is 12.2. The van der Waals surface area contributed by atoms with Crippen molar-refractivity contribution >= 4 is 17.3 Å². The summed E-state index contributed by atoms with van der Waals surface area (Å²) < 4.78 is 1.77. The Morgan fingerprint density at radius 3 is 2.48 bits per heavy atom. The molecule has 25 heavy (non-hydrogen) atoms. The number of aryl methyl sites for hydroxylation is 1. The zero-order chi connectivity index (χ0) is 18.4. The van der Waals surface area contributed by atoms with Gasteiger partial charge in [-0.1, -0.05) is 0 Å². The fraction of sp³-hybridized carbons (Fsp3) is 0.474. The molecular formula is C19H29N5O. The van der Waals surface area contributed by atoms with Crippen LogP contribution in [0.4, 0.5) is 11.4 Å². The van der Waals surface area contributed by atoms with Gasteiger partial charge in [0, 0.05) is 49.3 Å². The Bertz CT molecular complexity index is 677. The number of hydrogen-bond donors (Lipinski definition) is 1. The van der Waals surface area contributed by atoms with Crippen molar-refractivity contribution in [3.63, 3.8) is 0 Å². The molecule has 0 saturated heterocycles. The highest BCUT2D eigenvalue weighted by Crippen LogP contribution is 2.19. The third kappa shape index (κ3) is 5.60. The molecule has 2 rings (SSSR count). The molecule has 1 aromatic carbocycles. The van der Waals surface area contributed by atoms with Gasteiger partial charge in [-0.15, -0.1) is 0 Å². The van der Waals surface area contributed by atoms with Crippen molar-refractivity contribution in [2.45, 2.75) is 33.4 Å². The first-order valence-corrected chi connectivity index (χ1v) is 8.71. The van der Waals surface area contributed by atoms with Crippen molar-refractivity contribution in [2.75, 3.05) is 30.4 Å². The molecule has 1 heterocycles. The van der Waals surface area contributed by atoms with Gasteiger partial charge in [0.25, 0.3) is 0 Å². The van der Waals surface area contributed by atoms with E-state index in [2.05, 4.69) is 48.2 Å². The van der Waals surface area contributed by atoms with E-state index in [-0.39, 0.29) is 5.91 Å². The Morgan fingerprint density at radius 1 is 1.28 bits per heavy atom. The lowest BCUT2D eigenvalue weighted by atomic mass is 10.2. The summed E-state index contributed by atoms with van der Waals surface area (Å²) in [5.74, 6) is -0.0182. The van der Waals surface area contributed by atoms with Crippen LogP contribution in [0.2, 0.25) is 0 Å². The highest BCUT2D eigenvalue weighted by molar-refractivity contribution is 5.92. The molecule has 0 spiro atoms. The number of carbonyl (C=O) groups excluding carboxylic acids is 1. The van der Waals surface area contributed by atoms with Gasteiger partial charge in [0.05, 0.1) is 12.7 Å². The first-order valence-electron chi connectivity index (χ1n) is 8.71. The summed E-state index contributed by atoms with van der Waals surface area (Å²) in [6.45, 7) is 8.49. The van der Waals surface area contributed by atoms with Crippen LogP contribution in [-0.2, 0) is 18.4 Å². The van der Waals surface area contributed by atoms with Crippen LogP contribution in [-0.4, -0.2) is 46.8 Å². The van der Waals surface area contributed by atoms with Crippen molar-refractivity contribution in [2.24, 2.45) is 7.05 Å². The van der Waals surface area contributed by atoms with Gasteiger partial charge >= 0.3 is 0 Å². The van der Waals surface area contributed by atoms with E-state index in [1.807, 2.05) is 43.5 Å². The summed E-state index contributed by atoms with van der Waals surface area (Å²) >= 11 is 0. The van der Waals surface area contributed by atoms with Crippen LogP contribution in [0.25, 0.3) is 0 Å². The lowest BCUT2D eigenvalue weighted by molar-refractivity contribution is -0.117. The lowest BCUT2D eigenvalue weighted by Gasteiger charge is -2.27. The number of likely N-dealkylation sites (N-methyl/N-ethyl adjacent to an activating group) is 1. The summed E-state index contributed by atoms with van der Waals surface area (Å²) in [6.07, 6.45) is 3.78. The second-order valence-electron chi connectivity index (χ2n) is 6.67. The molecule has 0 aliphatic carbocycles. The molecule has 0 aliphatic rings. The molecular weight excluding hydrogens is 314 g/mol. The van der Waals surface area contributed by atoms with E-state index in [1.165, 1.54) is 5.69 Å². The standard InChI is InChI=1S/C19H29N5O/c1-6-24(15(2)3)18-9-7-17(8-10-18)21-19(25)14-22(4)12-16-11-20-23(5)13-16/h7-11,13,15H,6,12,14H2,1-5H3,(H,21,25). The van der Waals surface area contributed by atoms with Crippen LogP contribution < -0.4 is 10.2 Å². The third-order valence-electron chi connectivity index (χ3n) is 4.07. The summed E-state index contributed by atoms with van der Waals surface area (Å²) in [6, 6.07) is 8.47. The molecule has 0 unspecified atom stereocenters. The van der Waals surface area contributed by atoms with Crippen molar-refractivity contribution in [3.8, 4) is 0 Å². The summed E-state index contributed by atoms with van der Waals surface area (Å²) in [7, 11) is 3.82. The molecule has 0 atom stereocenters. The Balaban J connectivity index is 1.87. The van der Waals surface area contributed by atoms with E-state index in [1.54, 1.807) is 4.68 Å². The molecule has 1 aromatic heterocycles. The number of carbonyl (C=O) groups is 1. The van der Waals surface area contributed by atoms with Gasteiger partial charge < -0.3 is 10.2 Å². The largest absolute Gasteiger partial charge is 0.369 e. The molecule has 1 amide bonds. The van der Waals surface area contributed by atoms with Crippen molar-refractivity contribution in [1.29, 1.82) is 0 Å². The highest BCUT2D eigenvalue weighted by atomic mass is 16.2. The van der Waals surface area contributed by atoms with Crippen molar-refractivity contribution < 1.29 is 4.79 Å². The number of aromatic nitrogens is 2. The van der Waals surface area contributed by atoms with Gasteiger partial charge in [-0.2, -0.15) is 5.10 Å². The van der Waals surface area contributed by atoms with Gasteiger partial charge in [-0.25, -0.2) is 0 Å². The quantitative estimate of drug-likeness (QED) is 0.801. The molecule has 0 radical (unpaired) electrons. The van der Waals surface area contributed by atoms with Crippen LogP contribution in [0.1, 0.15) is 26.3 Å². The van der Waals surface area contributed by atoms with E-state index >= 15 is 0 Å². The molecule has 2 aromatic rings. The minimum absolute atomic E-state index is 0.0182. The van der Waals surface area contributed by atoms with Crippen LogP contribution in [0, 0.1) is 0 Å². The van der Waals surface area contributed by atoms with Gasteiger partial charge in [-0.05, 0) is 52.1 Å². The Labute approximate surface area is 150 Å². The fourth-order valence-electron chi connectivity index (χ4n) is 2.95. The van der Waals surface area contributed by atoms with E-state index in [0.29, 0.717) is 19.1 Å². The monoisotopic (exact) mass is 343 g/mol. The molecule has 1 N–H and O–H groups in total. The summed E-state index contributed by atoms with van der Waals surface area (Å²) in [5.41, 5.74) is 3.09. The number of benzene rings is 1. The van der Waals surface area contributed by atoms with Gasteiger partial charge in [-0.3, -0.25) is 14.4 Å². The number of nitrogens with one attached hydrogen (secondary N) is 1. The normalized spacial score (nSPS) is 11.2. The van der Waals surface area contributed by atoms with Crippen LogP contribution in [0.3, 0.4) is 0 Å². The van der Waals surface area contributed by atoms with Crippen molar-refractivity contribution in [3.05, 3.63) is 42.2 Å². The molecule has 0 saturated carbocycles. The minimum atomic E-state index is -0.0182. The zero-order valence-electron chi connectivity index (χ0n) is 15.9. The summed E-state index contributed by atoms with van der Waals surface area (Å²) in [4.78, 5) is 16.5. The molecule has 0 fully saturated rings. The molecule has 6 heteroatoms. The van der Waals surface area contributed by atoms with E-state index in [9.17, 15) is 4.79 Å². The second-order valence-corrected chi connectivity index (χ2v) is 6.67. The van der Waals surface area contributed by atoms with Gasteiger partial charge in [0.15, 0.2) is 0 Å². The first-order chi connectivity index (χ1) is 11.9. The van der Waals surface area contributed by atoms with Crippen LogP contribution >= 0.6 is 0 Å². The predicted octanol–water partition coefficient (Wildman–Crippen LogP) is 2.73. The summed E-state index contributed by atoms with van der Waals surface area (Å²) in [5, 5.41) is 7.10. The first kappa shape index (κ1) is 19.0. The highest BCUT2D eigenvalue weighted by Gasteiger charge is 2.10. The second kappa shape index (κ2) is 8.67. The topological polar surface area (TPSA) is 53.4 Å². The Hall–Kier alpha value is -2.34. The van der Waals surface area contributed by atoms with Gasteiger partial charge in [0.2, 0.25) is 5.91 Å². The molecule has 136 valence electrons. The molecule has 6 nitrogen and oxygen atoms in total. The molecule has 0 aliphatic heterocycles. The van der Waals surface area contributed by atoms with Crippen LogP contribution in [0.15, 0.2) is 36.7 Å². The third-order valence-corrected chi connectivity index (χ3v) is 4.07. The van der Waals surface area contributed by atoms with E-state index in [0.717, 1.165) is 17.8 Å². The Morgan fingerprint density at radius 2 is 1.96 bits per heavy atom. The van der Waals surface area contributed by atoms with Gasteiger partial charge in [0.1, 0.15) is 0 Å². The van der Waals surface area contributed by atoms with E-state index in [4.69, 9.17) is 0 Å². The average Bonchev–Trinajstić information content (AvgIpc) is 2.94. The average molecular weight is 343 g/mol. The fourth-order valence-corrected chi connectivity index (χ4v) is 2.95. The maximum atomic E-state index is 12.2. The SMILES string of the molecule is CCN(c1ccc(NC(=O)CN(C)Cc2cnn(C)c2)cc1)C(C)C. The van der Waals surface area contributed by atoms with Crippen molar-refractivity contribution in [1.82, 2.24) is 14.7 Å². The van der Waals surface area contributed by atoms with Crippen LogP contribution in [0.5, 0.6) is 0 Å². The number of rotatable bonds is 8. The number of amides is 1. The maximum Gasteiger partial charge on any atom is 0.238 e. The Kier molecular flexibility index (Phi) is 6.58. The number of nitrogens with zero attached hydrogens (tertiary/aromatic N) is 4. The lowest BCUT2D eigenvalue weighted by Crippen LogP contribution is -2.30. The number of hydrogen-bond acceptors (Lipinski definition) is 4. The number of anilines is 2. The molecule has 0 bridgehead atoms.